The maximum Gasteiger partial charge on any atom is 0.353 e. The van der Waals surface area contributed by atoms with Gasteiger partial charge in [0.05, 0.1) is 30.0 Å². The summed E-state index contributed by atoms with van der Waals surface area (Å²) in [7, 11) is 0. The molecule has 0 aromatic heterocycles. The second-order valence-electron chi connectivity index (χ2n) is 16.3. The second kappa shape index (κ2) is 21.8. The highest BCUT2D eigenvalue weighted by Gasteiger charge is 2.30. The van der Waals surface area contributed by atoms with Gasteiger partial charge < -0.3 is 25.2 Å². The van der Waals surface area contributed by atoms with Crippen LogP contribution in [0.4, 0.5) is 17.1 Å². The molecular weight excluding hydrogens is 719 g/mol. The average molecular weight is 787 g/mol. The second-order valence-corrected chi connectivity index (χ2v) is 16.3. The fourth-order valence-electron chi connectivity index (χ4n) is 6.72. The summed E-state index contributed by atoms with van der Waals surface area (Å²) < 4.78 is 11.3. The molecule has 1 aliphatic rings. The number of benzene rings is 3. The molecule has 4 rings (SSSR count). The maximum atomic E-state index is 12.8. The van der Waals surface area contributed by atoms with E-state index in [9.17, 15) is 14.7 Å². The van der Waals surface area contributed by atoms with Crippen LogP contribution >= 0.6 is 0 Å². The van der Waals surface area contributed by atoms with Crippen LogP contribution in [0.25, 0.3) is 0 Å². The molecule has 5 atom stereocenters. The maximum absolute atomic E-state index is 12.8. The van der Waals surface area contributed by atoms with Crippen molar-refractivity contribution in [3.63, 3.8) is 0 Å². The highest BCUT2D eigenvalue weighted by molar-refractivity contribution is 5.93. The zero-order valence-electron chi connectivity index (χ0n) is 35.4. The van der Waals surface area contributed by atoms with E-state index in [0.29, 0.717) is 42.1 Å². The van der Waals surface area contributed by atoms with Crippen LogP contribution in [0, 0.1) is 11.8 Å². The standard InChI is InChI=1S/C45H67N7O5/c1-9-13-15-31(11-3)29-56-39(53)33-17-23-36(24-18-33)46-41-49-42(47-37-25-19-34(20-26-37)40(54)57-30-32(12-4)16-14-10-2)51-43(50-41)48-38-27-21-35(22-28-38)45(8,55)52-44(5,6)7/h17-28,31-32,41,43,46,48,50,52,55H,9-16,29-30H2,1-8H3,(H2,47,49,51)/p+1. The number of ether oxygens (including phenoxy) is 2. The Hall–Kier alpha value is -4.65. The number of rotatable bonds is 21. The average Bonchev–Trinajstić information content (AvgIpc) is 3.17. The third-order valence-electron chi connectivity index (χ3n) is 10.1. The smallest absolute Gasteiger partial charge is 0.353 e. The van der Waals surface area contributed by atoms with Crippen LogP contribution in [-0.4, -0.2) is 54.3 Å². The summed E-state index contributed by atoms with van der Waals surface area (Å²) >= 11 is 0. The number of anilines is 3. The van der Waals surface area contributed by atoms with Gasteiger partial charge in [-0.15, -0.1) is 0 Å². The summed E-state index contributed by atoms with van der Waals surface area (Å²) in [5.41, 5.74) is 2.61. The van der Waals surface area contributed by atoms with Crippen molar-refractivity contribution in [2.45, 2.75) is 131 Å². The van der Waals surface area contributed by atoms with Crippen molar-refractivity contribution in [1.82, 2.24) is 16.0 Å². The molecule has 0 bridgehead atoms. The number of hydrogen-bond donors (Lipinski definition) is 8. The van der Waals surface area contributed by atoms with Crippen molar-refractivity contribution in [3.8, 4) is 0 Å². The van der Waals surface area contributed by atoms with Gasteiger partial charge in [0.15, 0.2) is 0 Å². The molecule has 1 aliphatic heterocycles. The van der Waals surface area contributed by atoms with Gasteiger partial charge in [-0.1, -0.05) is 78.4 Å². The topological polar surface area (TPSA) is 159 Å². The predicted octanol–water partition coefficient (Wildman–Crippen LogP) is 6.82. The van der Waals surface area contributed by atoms with E-state index >= 15 is 0 Å². The Morgan fingerprint density at radius 1 is 0.719 bits per heavy atom. The number of carbonyl (C=O) groups excluding carboxylic acids is 2. The third kappa shape index (κ3) is 15.0. The first-order chi connectivity index (χ1) is 27.2. The summed E-state index contributed by atoms with van der Waals surface area (Å²) in [6.07, 6.45) is 7.69. The highest BCUT2D eigenvalue weighted by atomic mass is 16.5. The molecule has 3 aromatic rings. The van der Waals surface area contributed by atoms with Crippen LogP contribution in [0.1, 0.15) is 133 Å². The molecule has 0 saturated carbocycles. The molecule has 1 heterocycles. The van der Waals surface area contributed by atoms with Gasteiger partial charge in [0.25, 0.3) is 0 Å². The Balaban J connectivity index is 1.45. The Bertz CT molecular complexity index is 1710. The minimum atomic E-state index is -1.21. The van der Waals surface area contributed by atoms with E-state index in [1.54, 1.807) is 31.2 Å². The lowest BCUT2D eigenvalue weighted by Crippen LogP contribution is -2.95. The number of aliphatic hydroxyl groups is 1. The number of carbonyl (C=O) groups is 2. The molecule has 0 amide bonds. The van der Waals surface area contributed by atoms with E-state index in [2.05, 4.69) is 64.6 Å². The fraction of sp³-hybridized carbons (Fsp3) is 0.533. The number of hydrogen-bond acceptors (Lipinski definition) is 11. The molecule has 0 aliphatic carbocycles. The molecule has 0 fully saturated rings. The Morgan fingerprint density at radius 3 is 1.67 bits per heavy atom. The monoisotopic (exact) mass is 787 g/mol. The normalized spacial score (nSPS) is 17.6. The molecule has 0 spiro atoms. The van der Waals surface area contributed by atoms with Gasteiger partial charge in [0.2, 0.25) is 12.6 Å². The molecule has 8 N–H and O–H groups in total. The van der Waals surface area contributed by atoms with Gasteiger partial charge in [-0.2, -0.15) is 0 Å². The number of esters is 2. The van der Waals surface area contributed by atoms with Gasteiger partial charge in [0.1, 0.15) is 5.72 Å². The van der Waals surface area contributed by atoms with Crippen LogP contribution in [0.3, 0.4) is 0 Å². The number of unbranched alkanes of at least 4 members (excludes halogenated alkanes) is 2. The Kier molecular flexibility index (Phi) is 17.2. The quantitative estimate of drug-likeness (QED) is 0.0423. The van der Waals surface area contributed by atoms with E-state index in [1.165, 1.54) is 0 Å². The molecule has 12 nitrogen and oxygen atoms in total. The van der Waals surface area contributed by atoms with E-state index in [4.69, 9.17) is 9.47 Å². The molecule has 12 heteroatoms. The van der Waals surface area contributed by atoms with Gasteiger partial charge in [0, 0.05) is 16.9 Å². The lowest BCUT2D eigenvalue weighted by atomic mass is 9.99. The third-order valence-corrected chi connectivity index (χ3v) is 10.1. The first-order valence-corrected chi connectivity index (χ1v) is 20.8. The van der Waals surface area contributed by atoms with Gasteiger partial charge in [-0.25, -0.2) is 30.5 Å². The Labute approximate surface area is 340 Å². The minimum absolute atomic E-state index is 0.282. The number of nitrogens with one attached hydrogen (secondary N) is 7. The van der Waals surface area contributed by atoms with Crippen molar-refractivity contribution < 1.29 is 29.2 Å². The van der Waals surface area contributed by atoms with Gasteiger partial charge in [-0.05, 0) is 119 Å². The molecule has 57 heavy (non-hydrogen) atoms. The SMILES string of the molecule is CCCCC(CC)COC(=O)c1ccc(NC2=[NH+]C(Nc3ccc(C(C)(O)NC(C)(C)C)cc3)NC(Nc3ccc(C(=O)OCC(CC)CCCC)cc3)N2)cc1. The molecule has 0 saturated heterocycles. The summed E-state index contributed by atoms with van der Waals surface area (Å²) in [4.78, 5) is 29.1. The summed E-state index contributed by atoms with van der Waals surface area (Å²) in [6.45, 7) is 17.3. The van der Waals surface area contributed by atoms with Crippen LogP contribution in [0.2, 0.25) is 0 Å². The van der Waals surface area contributed by atoms with Crippen molar-refractivity contribution in [3.05, 3.63) is 89.5 Å². The lowest BCUT2D eigenvalue weighted by Gasteiger charge is -2.34. The fourth-order valence-corrected chi connectivity index (χ4v) is 6.72. The molecular formula is C45H68N7O5+. The Morgan fingerprint density at radius 2 is 1.19 bits per heavy atom. The summed E-state index contributed by atoms with van der Waals surface area (Å²) in [5, 5.41) is 31.6. The number of guanidine groups is 1. The first kappa shape index (κ1) is 45.1. The molecule has 0 radical (unpaired) electrons. The van der Waals surface area contributed by atoms with E-state index in [1.807, 2.05) is 69.3 Å². The minimum Gasteiger partial charge on any atom is -0.462 e. The van der Waals surface area contributed by atoms with Crippen molar-refractivity contribution >= 4 is 35.0 Å². The zero-order chi connectivity index (χ0) is 41.4. The lowest BCUT2D eigenvalue weighted by molar-refractivity contribution is -0.511. The van der Waals surface area contributed by atoms with Crippen LogP contribution in [0.15, 0.2) is 72.8 Å². The van der Waals surface area contributed by atoms with Crippen molar-refractivity contribution in [1.29, 1.82) is 0 Å². The molecule has 5 unspecified atom stereocenters. The summed E-state index contributed by atoms with van der Waals surface area (Å²) in [6, 6.07) is 22.1. The summed E-state index contributed by atoms with van der Waals surface area (Å²) in [5.74, 6) is 0.700. The van der Waals surface area contributed by atoms with Crippen LogP contribution in [-0.2, 0) is 15.2 Å². The molecule has 3 aromatic carbocycles. The van der Waals surface area contributed by atoms with Crippen LogP contribution < -0.4 is 36.9 Å². The van der Waals surface area contributed by atoms with Gasteiger partial charge >= 0.3 is 17.9 Å². The molecule has 312 valence electrons. The first-order valence-electron chi connectivity index (χ1n) is 20.8. The van der Waals surface area contributed by atoms with E-state index in [0.717, 1.165) is 74.0 Å². The predicted molar refractivity (Wildman–Crippen MR) is 230 cm³/mol. The van der Waals surface area contributed by atoms with Crippen LogP contribution in [0.5, 0.6) is 0 Å². The van der Waals surface area contributed by atoms with Gasteiger partial charge in [-0.3, -0.25) is 5.32 Å². The highest BCUT2D eigenvalue weighted by Crippen LogP contribution is 2.23. The zero-order valence-corrected chi connectivity index (χ0v) is 35.4. The van der Waals surface area contributed by atoms with Crippen molar-refractivity contribution in [2.75, 3.05) is 29.2 Å². The van der Waals surface area contributed by atoms with Crippen molar-refractivity contribution in [2.24, 2.45) is 11.8 Å². The van der Waals surface area contributed by atoms with E-state index in [-0.39, 0.29) is 17.5 Å². The van der Waals surface area contributed by atoms with E-state index < -0.39 is 18.3 Å². The largest absolute Gasteiger partial charge is 0.462 e.